The Balaban J connectivity index is 1.99. The number of aliphatic hydroxyl groups excluding tert-OH is 1. The summed E-state index contributed by atoms with van der Waals surface area (Å²) in [7, 11) is 0. The summed E-state index contributed by atoms with van der Waals surface area (Å²) in [6.45, 7) is 3.95. The molecule has 0 amide bonds. The molecule has 0 aliphatic rings. The van der Waals surface area contributed by atoms with Crippen LogP contribution < -0.4 is 0 Å². The van der Waals surface area contributed by atoms with Crippen molar-refractivity contribution in [3.8, 4) is 0 Å². The van der Waals surface area contributed by atoms with Gasteiger partial charge in [-0.2, -0.15) is 0 Å². The van der Waals surface area contributed by atoms with Crippen molar-refractivity contribution in [1.29, 1.82) is 0 Å². The van der Waals surface area contributed by atoms with Crippen molar-refractivity contribution in [2.24, 2.45) is 0 Å². The first-order chi connectivity index (χ1) is 10.6. The summed E-state index contributed by atoms with van der Waals surface area (Å²) in [6.07, 6.45) is 1.97. The van der Waals surface area contributed by atoms with Gasteiger partial charge in [0.1, 0.15) is 11.6 Å². The molecule has 3 aromatic rings. The number of rotatable bonds is 4. The van der Waals surface area contributed by atoms with Crippen LogP contribution in [-0.2, 0) is 6.61 Å². The summed E-state index contributed by atoms with van der Waals surface area (Å²) in [4.78, 5) is 1.82. The van der Waals surface area contributed by atoms with Gasteiger partial charge in [-0.25, -0.2) is 4.39 Å². The Labute approximate surface area is 132 Å². The average molecular weight is 317 g/mol. The number of nitrogens with zero attached hydrogens (tertiary/aromatic N) is 3. The van der Waals surface area contributed by atoms with Crippen LogP contribution in [0.2, 0.25) is 0 Å². The van der Waals surface area contributed by atoms with Crippen LogP contribution in [0.25, 0.3) is 5.65 Å². The number of aliphatic hydroxyl groups is 1. The number of benzene rings is 1. The van der Waals surface area contributed by atoms with E-state index in [9.17, 15) is 9.50 Å². The van der Waals surface area contributed by atoms with Crippen molar-refractivity contribution in [1.82, 2.24) is 14.6 Å². The molecule has 0 spiro atoms. The van der Waals surface area contributed by atoms with Crippen LogP contribution in [0.3, 0.4) is 0 Å². The fraction of sp³-hybridized carbons (Fsp3) is 0.250. The molecule has 22 heavy (non-hydrogen) atoms. The van der Waals surface area contributed by atoms with E-state index >= 15 is 0 Å². The number of hydrogen-bond donors (Lipinski definition) is 1. The molecule has 0 unspecified atom stereocenters. The van der Waals surface area contributed by atoms with Crippen molar-refractivity contribution >= 4 is 17.4 Å². The third-order valence-electron chi connectivity index (χ3n) is 3.34. The zero-order valence-electron chi connectivity index (χ0n) is 12.3. The second-order valence-electron chi connectivity index (χ2n) is 5.32. The van der Waals surface area contributed by atoms with Gasteiger partial charge in [-0.3, -0.25) is 4.40 Å². The Morgan fingerprint density at radius 3 is 2.77 bits per heavy atom. The lowest BCUT2D eigenvalue weighted by atomic mass is 10.2. The van der Waals surface area contributed by atoms with Crippen molar-refractivity contribution in [2.75, 3.05) is 0 Å². The Kier molecular flexibility index (Phi) is 4.13. The van der Waals surface area contributed by atoms with E-state index in [2.05, 4.69) is 24.0 Å². The Morgan fingerprint density at radius 1 is 1.23 bits per heavy atom. The minimum Gasteiger partial charge on any atom is -0.392 e. The molecule has 114 valence electrons. The number of hydrogen-bond acceptors (Lipinski definition) is 4. The van der Waals surface area contributed by atoms with Crippen LogP contribution in [-0.4, -0.2) is 19.7 Å². The average Bonchev–Trinajstić information content (AvgIpc) is 2.92. The van der Waals surface area contributed by atoms with Crippen LogP contribution in [0, 0.1) is 5.82 Å². The third-order valence-corrected chi connectivity index (χ3v) is 4.43. The van der Waals surface area contributed by atoms with Gasteiger partial charge in [0.25, 0.3) is 0 Å². The molecule has 0 saturated carbocycles. The van der Waals surface area contributed by atoms with E-state index in [-0.39, 0.29) is 18.3 Å². The standard InChI is InChI=1S/C16H16FN3OS/c1-10(2)16-19-18-15-6-4-13(8-20(15)16)22-14-5-3-12(17)7-11(14)9-21/h3-8,10,21H,9H2,1-2H3. The molecule has 6 heteroatoms. The lowest BCUT2D eigenvalue weighted by molar-refractivity contribution is 0.278. The minimum absolute atomic E-state index is 0.188. The largest absolute Gasteiger partial charge is 0.392 e. The smallest absolute Gasteiger partial charge is 0.160 e. The Hall–Kier alpha value is -1.92. The van der Waals surface area contributed by atoms with Crippen LogP contribution in [0.4, 0.5) is 4.39 Å². The molecule has 2 heterocycles. The van der Waals surface area contributed by atoms with Gasteiger partial charge in [-0.05, 0) is 35.9 Å². The van der Waals surface area contributed by atoms with Crippen molar-refractivity contribution < 1.29 is 9.50 Å². The quantitative estimate of drug-likeness (QED) is 0.798. The van der Waals surface area contributed by atoms with E-state index in [1.165, 1.54) is 23.9 Å². The molecule has 0 fully saturated rings. The van der Waals surface area contributed by atoms with Gasteiger partial charge in [-0.15, -0.1) is 10.2 Å². The van der Waals surface area contributed by atoms with Crippen molar-refractivity contribution in [3.63, 3.8) is 0 Å². The molecule has 1 N–H and O–H groups in total. The zero-order valence-corrected chi connectivity index (χ0v) is 13.1. The summed E-state index contributed by atoms with van der Waals surface area (Å²) in [5, 5.41) is 17.7. The monoisotopic (exact) mass is 317 g/mol. The zero-order chi connectivity index (χ0) is 15.7. The first-order valence-electron chi connectivity index (χ1n) is 7.00. The highest BCUT2D eigenvalue weighted by Crippen LogP contribution is 2.31. The molecule has 4 nitrogen and oxygen atoms in total. The fourth-order valence-corrected chi connectivity index (χ4v) is 3.18. The summed E-state index contributed by atoms with van der Waals surface area (Å²) >= 11 is 1.48. The van der Waals surface area contributed by atoms with E-state index in [0.29, 0.717) is 5.56 Å². The van der Waals surface area contributed by atoms with E-state index < -0.39 is 0 Å². The normalized spacial score (nSPS) is 11.5. The molecule has 0 atom stereocenters. The van der Waals surface area contributed by atoms with Gasteiger partial charge in [0.2, 0.25) is 0 Å². The van der Waals surface area contributed by atoms with Gasteiger partial charge in [-0.1, -0.05) is 25.6 Å². The van der Waals surface area contributed by atoms with E-state index in [0.717, 1.165) is 21.3 Å². The van der Waals surface area contributed by atoms with E-state index in [4.69, 9.17) is 0 Å². The van der Waals surface area contributed by atoms with Gasteiger partial charge in [0, 0.05) is 21.9 Å². The maximum atomic E-state index is 13.2. The highest BCUT2D eigenvalue weighted by molar-refractivity contribution is 7.99. The number of aromatic nitrogens is 3. The van der Waals surface area contributed by atoms with Crippen LogP contribution in [0.15, 0.2) is 46.3 Å². The molecule has 0 aliphatic carbocycles. The number of halogens is 1. The summed E-state index contributed by atoms with van der Waals surface area (Å²) in [5.41, 5.74) is 1.38. The molecule has 3 rings (SSSR count). The SMILES string of the molecule is CC(C)c1nnc2ccc(Sc3ccc(F)cc3CO)cn12. The van der Waals surface area contributed by atoms with Crippen LogP contribution in [0.5, 0.6) is 0 Å². The van der Waals surface area contributed by atoms with E-state index in [1.54, 1.807) is 6.07 Å². The summed E-state index contributed by atoms with van der Waals surface area (Å²) in [5.74, 6) is 0.831. The van der Waals surface area contributed by atoms with Crippen LogP contribution in [0.1, 0.15) is 31.2 Å². The lowest BCUT2D eigenvalue weighted by Gasteiger charge is -2.08. The first-order valence-corrected chi connectivity index (χ1v) is 7.82. The Morgan fingerprint density at radius 2 is 2.05 bits per heavy atom. The van der Waals surface area contributed by atoms with Gasteiger partial charge >= 0.3 is 0 Å². The molecule has 1 aromatic carbocycles. The predicted molar refractivity (Wildman–Crippen MR) is 83.5 cm³/mol. The van der Waals surface area contributed by atoms with Gasteiger partial charge < -0.3 is 5.11 Å². The van der Waals surface area contributed by atoms with Crippen molar-refractivity contribution in [2.45, 2.75) is 36.2 Å². The third kappa shape index (κ3) is 2.84. The second-order valence-corrected chi connectivity index (χ2v) is 6.43. The predicted octanol–water partition coefficient (Wildman–Crippen LogP) is 3.64. The highest BCUT2D eigenvalue weighted by Gasteiger charge is 2.11. The maximum Gasteiger partial charge on any atom is 0.160 e. The van der Waals surface area contributed by atoms with Crippen molar-refractivity contribution in [3.05, 3.63) is 53.7 Å². The molecular formula is C16H16FN3OS. The maximum absolute atomic E-state index is 13.2. The molecule has 0 bridgehead atoms. The molecule has 0 aliphatic heterocycles. The van der Waals surface area contributed by atoms with Gasteiger partial charge in [0.05, 0.1) is 6.61 Å². The lowest BCUT2D eigenvalue weighted by Crippen LogP contribution is -1.97. The topological polar surface area (TPSA) is 50.4 Å². The number of fused-ring (bicyclic) bond motifs is 1. The van der Waals surface area contributed by atoms with E-state index in [1.807, 2.05) is 22.7 Å². The number of pyridine rings is 1. The molecule has 0 saturated heterocycles. The fourth-order valence-electron chi connectivity index (χ4n) is 2.24. The molecular weight excluding hydrogens is 301 g/mol. The van der Waals surface area contributed by atoms with Crippen LogP contribution >= 0.6 is 11.8 Å². The molecule has 0 radical (unpaired) electrons. The summed E-state index contributed by atoms with van der Waals surface area (Å²) in [6, 6.07) is 8.30. The molecule has 2 aromatic heterocycles. The first kappa shape index (κ1) is 15.0. The minimum atomic E-state index is -0.343. The highest BCUT2D eigenvalue weighted by atomic mass is 32.2. The van der Waals surface area contributed by atoms with Gasteiger partial charge in [0.15, 0.2) is 5.65 Å². The Bertz CT molecular complexity index is 816. The second kappa shape index (κ2) is 6.06. The summed E-state index contributed by atoms with van der Waals surface area (Å²) < 4.78 is 15.2.